The first-order valence-corrected chi connectivity index (χ1v) is 13.1. The van der Waals surface area contributed by atoms with Gasteiger partial charge in [-0.15, -0.1) is 0 Å². The van der Waals surface area contributed by atoms with Gasteiger partial charge in [0.25, 0.3) is 0 Å². The van der Waals surface area contributed by atoms with Crippen LogP contribution in [0.4, 0.5) is 0 Å². The van der Waals surface area contributed by atoms with E-state index < -0.39 is 0 Å². The molecule has 2 saturated heterocycles. The van der Waals surface area contributed by atoms with E-state index in [1.54, 1.807) is 12.1 Å². The first-order chi connectivity index (χ1) is 17.7. The highest BCUT2D eigenvalue weighted by Crippen LogP contribution is 2.44. The van der Waals surface area contributed by atoms with E-state index in [2.05, 4.69) is 24.3 Å². The third kappa shape index (κ3) is 6.23. The number of hydrogen-bond acceptors (Lipinski definition) is 6. The Balaban J connectivity index is 1.30. The van der Waals surface area contributed by atoms with Crippen molar-refractivity contribution in [1.82, 2.24) is 0 Å². The third-order valence-corrected chi connectivity index (χ3v) is 7.39. The molecule has 3 fully saturated rings. The quantitative estimate of drug-likeness (QED) is 0.353. The molecule has 2 heterocycles. The van der Waals surface area contributed by atoms with Gasteiger partial charge in [0.1, 0.15) is 12.2 Å². The van der Waals surface area contributed by atoms with E-state index in [9.17, 15) is 9.59 Å². The second-order valence-electron chi connectivity index (χ2n) is 9.90. The molecule has 0 amide bonds. The molecule has 2 aromatic carbocycles. The molecule has 0 aromatic heterocycles. The van der Waals surface area contributed by atoms with Gasteiger partial charge in [0.2, 0.25) is 0 Å². The molecule has 2 aliphatic heterocycles. The largest absolute Gasteiger partial charge is 0.462 e. The van der Waals surface area contributed by atoms with Crippen LogP contribution < -0.4 is 0 Å². The lowest BCUT2D eigenvalue weighted by molar-refractivity contribution is -0.179. The Hall–Kier alpha value is -2.96. The van der Waals surface area contributed by atoms with Crippen molar-refractivity contribution >= 4 is 11.9 Å². The molecule has 1 aliphatic carbocycles. The zero-order chi connectivity index (χ0) is 24.7. The first kappa shape index (κ1) is 24.7. The zero-order valence-corrected chi connectivity index (χ0v) is 20.5. The Morgan fingerprint density at radius 2 is 1.83 bits per heavy atom. The number of esters is 2. The van der Waals surface area contributed by atoms with Crippen molar-refractivity contribution in [3.8, 4) is 0 Å². The highest BCUT2D eigenvalue weighted by molar-refractivity contribution is 5.89. The van der Waals surface area contributed by atoms with Gasteiger partial charge in [0.05, 0.1) is 18.1 Å². The van der Waals surface area contributed by atoms with Crippen LogP contribution in [0.5, 0.6) is 0 Å². The van der Waals surface area contributed by atoms with E-state index in [0.29, 0.717) is 18.4 Å². The summed E-state index contributed by atoms with van der Waals surface area (Å²) in [7, 11) is 0. The number of hydrogen-bond donors (Lipinski definition) is 0. The minimum absolute atomic E-state index is 0.00280. The molecule has 0 N–H and O–H groups in total. The monoisotopic (exact) mass is 490 g/mol. The standard InChI is InChI=1S/C30H34O6/c31-28-19-25-24(26(20-27(25)35-28)36-30(32)22-11-5-2-6-12-22)17-16-23(34-29-13-7-8-18-33-29)15-14-21-9-3-1-4-10-21/h1-6,9-12,16-17,23-27,29H,7-8,13-15,18-20H2/t23?,24-,25-,26-,27+,29?/m1/s1. The van der Waals surface area contributed by atoms with Crippen LogP contribution in [0.25, 0.3) is 0 Å². The summed E-state index contributed by atoms with van der Waals surface area (Å²) >= 11 is 0. The molecule has 2 unspecified atom stereocenters. The first-order valence-electron chi connectivity index (χ1n) is 13.1. The van der Waals surface area contributed by atoms with Gasteiger partial charge in [-0.1, -0.05) is 60.7 Å². The maximum atomic E-state index is 12.8. The highest BCUT2D eigenvalue weighted by atomic mass is 16.7. The highest BCUT2D eigenvalue weighted by Gasteiger charge is 2.50. The Morgan fingerprint density at radius 1 is 1.06 bits per heavy atom. The van der Waals surface area contributed by atoms with Crippen LogP contribution in [0.3, 0.4) is 0 Å². The molecule has 190 valence electrons. The molecule has 1 saturated carbocycles. The molecule has 6 heteroatoms. The molecular weight excluding hydrogens is 456 g/mol. The average Bonchev–Trinajstić information content (AvgIpc) is 3.42. The Labute approximate surface area is 212 Å². The average molecular weight is 491 g/mol. The topological polar surface area (TPSA) is 71.1 Å². The van der Waals surface area contributed by atoms with Crippen molar-refractivity contribution in [2.45, 2.75) is 69.5 Å². The number of benzene rings is 2. The zero-order valence-electron chi connectivity index (χ0n) is 20.5. The fourth-order valence-electron chi connectivity index (χ4n) is 5.50. The van der Waals surface area contributed by atoms with E-state index in [0.717, 1.165) is 38.7 Å². The van der Waals surface area contributed by atoms with Crippen LogP contribution in [0, 0.1) is 11.8 Å². The van der Waals surface area contributed by atoms with Crippen LogP contribution in [0.2, 0.25) is 0 Å². The number of ether oxygens (including phenoxy) is 4. The van der Waals surface area contributed by atoms with Gasteiger partial charge >= 0.3 is 11.9 Å². The van der Waals surface area contributed by atoms with Gasteiger partial charge in [0.15, 0.2) is 6.29 Å². The van der Waals surface area contributed by atoms with E-state index >= 15 is 0 Å². The van der Waals surface area contributed by atoms with Crippen LogP contribution in [-0.2, 0) is 30.2 Å². The molecule has 0 spiro atoms. The minimum Gasteiger partial charge on any atom is -0.462 e. The van der Waals surface area contributed by atoms with E-state index in [4.69, 9.17) is 18.9 Å². The van der Waals surface area contributed by atoms with Crippen molar-refractivity contribution in [2.75, 3.05) is 6.61 Å². The molecule has 0 bridgehead atoms. The van der Waals surface area contributed by atoms with Crippen LogP contribution in [-0.4, -0.2) is 43.1 Å². The summed E-state index contributed by atoms with van der Waals surface area (Å²) in [5, 5.41) is 0. The smallest absolute Gasteiger partial charge is 0.338 e. The van der Waals surface area contributed by atoms with Crippen molar-refractivity contribution in [1.29, 1.82) is 0 Å². The second kappa shape index (κ2) is 11.8. The summed E-state index contributed by atoms with van der Waals surface area (Å²) in [5.74, 6) is -0.631. The molecule has 2 aromatic rings. The van der Waals surface area contributed by atoms with Gasteiger partial charge in [-0.25, -0.2) is 4.79 Å². The van der Waals surface area contributed by atoms with Gasteiger partial charge in [0, 0.05) is 24.9 Å². The maximum Gasteiger partial charge on any atom is 0.338 e. The second-order valence-corrected chi connectivity index (χ2v) is 9.90. The van der Waals surface area contributed by atoms with Gasteiger partial charge in [-0.05, 0) is 49.8 Å². The number of rotatable bonds is 9. The Bertz CT molecular complexity index is 1030. The lowest BCUT2D eigenvalue weighted by Gasteiger charge is -2.27. The van der Waals surface area contributed by atoms with E-state index in [1.807, 2.05) is 36.4 Å². The van der Waals surface area contributed by atoms with E-state index in [-0.39, 0.29) is 48.4 Å². The van der Waals surface area contributed by atoms with Gasteiger partial charge in [-0.2, -0.15) is 0 Å². The van der Waals surface area contributed by atoms with Crippen LogP contribution in [0.1, 0.15) is 54.4 Å². The van der Waals surface area contributed by atoms with Crippen molar-refractivity contribution in [3.63, 3.8) is 0 Å². The number of carbonyl (C=O) groups is 2. The normalized spacial score (nSPS) is 28.6. The minimum atomic E-state index is -0.349. The maximum absolute atomic E-state index is 12.8. The predicted octanol–water partition coefficient (Wildman–Crippen LogP) is 5.26. The van der Waals surface area contributed by atoms with Gasteiger partial charge < -0.3 is 18.9 Å². The fourth-order valence-corrected chi connectivity index (χ4v) is 5.50. The molecule has 5 rings (SSSR count). The lowest BCUT2D eigenvalue weighted by Crippen LogP contribution is -2.28. The number of carbonyl (C=O) groups excluding carboxylic acids is 2. The number of aryl methyl sites for hydroxylation is 1. The Kier molecular flexibility index (Phi) is 8.14. The molecule has 6 atom stereocenters. The van der Waals surface area contributed by atoms with Crippen molar-refractivity contribution in [3.05, 3.63) is 83.9 Å². The molecular formula is C30H34O6. The fraction of sp³-hybridized carbons (Fsp3) is 0.467. The molecule has 0 radical (unpaired) electrons. The summed E-state index contributed by atoms with van der Waals surface area (Å²) in [6, 6.07) is 19.4. The van der Waals surface area contributed by atoms with E-state index in [1.165, 1.54) is 5.56 Å². The summed E-state index contributed by atoms with van der Waals surface area (Å²) < 4.78 is 23.7. The summed E-state index contributed by atoms with van der Waals surface area (Å²) in [6.07, 6.45) is 8.88. The summed E-state index contributed by atoms with van der Waals surface area (Å²) in [4.78, 5) is 24.8. The molecule has 3 aliphatic rings. The molecule has 6 nitrogen and oxygen atoms in total. The van der Waals surface area contributed by atoms with Crippen LogP contribution >= 0.6 is 0 Å². The summed E-state index contributed by atoms with van der Waals surface area (Å²) in [6.45, 7) is 0.725. The van der Waals surface area contributed by atoms with Gasteiger partial charge in [-0.3, -0.25) is 4.79 Å². The Morgan fingerprint density at radius 3 is 2.58 bits per heavy atom. The summed E-state index contributed by atoms with van der Waals surface area (Å²) in [5.41, 5.74) is 1.78. The molecule has 36 heavy (non-hydrogen) atoms. The lowest BCUT2D eigenvalue weighted by atomic mass is 9.91. The number of fused-ring (bicyclic) bond motifs is 1. The third-order valence-electron chi connectivity index (χ3n) is 7.39. The predicted molar refractivity (Wildman–Crippen MR) is 134 cm³/mol. The van der Waals surface area contributed by atoms with Crippen LogP contribution in [0.15, 0.2) is 72.8 Å². The SMILES string of the molecule is O=C1C[C@@H]2[C@@H](C=CC(CCc3ccccc3)OC3CCCCO3)[C@H](OC(=O)c3ccccc3)C[C@@H]2O1. The van der Waals surface area contributed by atoms with Crippen molar-refractivity contribution in [2.24, 2.45) is 11.8 Å². The van der Waals surface area contributed by atoms with Crippen molar-refractivity contribution < 1.29 is 28.5 Å².